The zero-order valence-electron chi connectivity index (χ0n) is 20.2. The van der Waals surface area contributed by atoms with E-state index in [0.29, 0.717) is 13.1 Å². The van der Waals surface area contributed by atoms with E-state index >= 15 is 0 Å². The van der Waals surface area contributed by atoms with E-state index in [1.807, 2.05) is 60.7 Å². The highest BCUT2D eigenvalue weighted by molar-refractivity contribution is 7.91. The molecular formula is C30H23NO6S. The predicted molar refractivity (Wildman–Crippen MR) is 139 cm³/mol. The molecule has 0 atom stereocenters. The molecule has 0 saturated heterocycles. The van der Waals surface area contributed by atoms with Crippen LogP contribution in [0, 0.1) is 0 Å². The molecule has 0 fully saturated rings. The molecule has 1 heterocycles. The van der Waals surface area contributed by atoms with Crippen molar-refractivity contribution in [3.05, 3.63) is 131 Å². The summed E-state index contributed by atoms with van der Waals surface area (Å²) in [7, 11) is -4.01. The molecule has 0 aliphatic carbocycles. The molecule has 1 amide bonds. The van der Waals surface area contributed by atoms with Gasteiger partial charge < -0.3 is 9.64 Å². The Kier molecular flexibility index (Phi) is 6.89. The normalized spacial score (nSPS) is 13.2. The zero-order valence-corrected chi connectivity index (χ0v) is 21.1. The maximum atomic E-state index is 13.2. The van der Waals surface area contributed by atoms with Crippen molar-refractivity contribution in [1.29, 1.82) is 0 Å². The average molecular weight is 526 g/mol. The van der Waals surface area contributed by atoms with Crippen LogP contribution in [0.3, 0.4) is 0 Å². The maximum Gasteiger partial charge on any atom is 0.338 e. The van der Waals surface area contributed by atoms with E-state index in [4.69, 9.17) is 4.74 Å². The second-order valence-electron chi connectivity index (χ2n) is 8.84. The van der Waals surface area contributed by atoms with Gasteiger partial charge in [0.05, 0.1) is 15.4 Å². The molecule has 0 bridgehead atoms. The molecule has 4 aromatic carbocycles. The first-order valence-corrected chi connectivity index (χ1v) is 13.4. The van der Waals surface area contributed by atoms with Crippen LogP contribution < -0.4 is 0 Å². The number of hydrogen-bond acceptors (Lipinski definition) is 6. The summed E-state index contributed by atoms with van der Waals surface area (Å²) in [5.41, 5.74) is 1.87. The van der Waals surface area contributed by atoms with Crippen molar-refractivity contribution in [2.75, 3.05) is 6.61 Å². The summed E-state index contributed by atoms with van der Waals surface area (Å²) < 4.78 is 31.6. The number of hydrogen-bond donors (Lipinski definition) is 0. The minimum atomic E-state index is -4.01. The van der Waals surface area contributed by atoms with E-state index in [2.05, 4.69) is 0 Å². The highest BCUT2D eigenvalue weighted by atomic mass is 32.2. The van der Waals surface area contributed by atoms with Crippen molar-refractivity contribution in [2.45, 2.75) is 22.9 Å². The van der Waals surface area contributed by atoms with Gasteiger partial charge in [-0.1, -0.05) is 72.8 Å². The molecule has 5 rings (SSSR count). The Labute approximate surface area is 220 Å². The lowest BCUT2D eigenvalue weighted by atomic mass is 10.0. The molecule has 7 nitrogen and oxygen atoms in total. The van der Waals surface area contributed by atoms with Gasteiger partial charge in [-0.2, -0.15) is 0 Å². The van der Waals surface area contributed by atoms with E-state index in [1.165, 1.54) is 30.3 Å². The SMILES string of the molecule is O=C(OCC(=O)N(Cc1ccccc1)Cc1ccccc1)c1ccc2c(c1)S(=O)(=O)c1ccccc1C2=O. The fraction of sp³-hybridized carbons (Fsp3) is 0.100. The Hall–Kier alpha value is -4.56. The van der Waals surface area contributed by atoms with Gasteiger partial charge in [0.25, 0.3) is 5.91 Å². The quantitative estimate of drug-likeness (QED) is 0.291. The number of amides is 1. The van der Waals surface area contributed by atoms with Crippen LogP contribution >= 0.6 is 0 Å². The van der Waals surface area contributed by atoms with Gasteiger partial charge in [-0.15, -0.1) is 0 Å². The molecule has 0 radical (unpaired) electrons. The average Bonchev–Trinajstić information content (AvgIpc) is 2.95. The molecule has 0 N–H and O–H groups in total. The predicted octanol–water partition coefficient (Wildman–Crippen LogP) is 4.45. The third-order valence-electron chi connectivity index (χ3n) is 6.28. The number of fused-ring (bicyclic) bond motifs is 2. The van der Waals surface area contributed by atoms with Crippen LogP contribution in [0.2, 0.25) is 0 Å². The smallest absolute Gasteiger partial charge is 0.338 e. The first-order chi connectivity index (χ1) is 18.3. The molecule has 0 aromatic heterocycles. The van der Waals surface area contributed by atoms with E-state index in [-0.39, 0.29) is 26.5 Å². The van der Waals surface area contributed by atoms with Crippen molar-refractivity contribution < 1.29 is 27.5 Å². The van der Waals surface area contributed by atoms with Crippen molar-refractivity contribution in [3.63, 3.8) is 0 Å². The highest BCUT2D eigenvalue weighted by Gasteiger charge is 2.35. The number of ketones is 1. The van der Waals surface area contributed by atoms with E-state index in [0.717, 1.165) is 17.2 Å². The summed E-state index contributed by atoms with van der Waals surface area (Å²) in [6.07, 6.45) is 0. The summed E-state index contributed by atoms with van der Waals surface area (Å²) in [6.45, 7) is 0.125. The minimum Gasteiger partial charge on any atom is -0.452 e. The Morgan fingerprint density at radius 3 is 1.87 bits per heavy atom. The lowest BCUT2D eigenvalue weighted by Gasteiger charge is -2.23. The number of sulfone groups is 1. The Bertz CT molecular complexity index is 1590. The number of ether oxygens (including phenoxy) is 1. The van der Waals surface area contributed by atoms with Gasteiger partial charge in [-0.05, 0) is 41.5 Å². The molecule has 190 valence electrons. The topological polar surface area (TPSA) is 97.8 Å². The van der Waals surface area contributed by atoms with Crippen LogP contribution in [-0.2, 0) is 32.5 Å². The first-order valence-electron chi connectivity index (χ1n) is 11.9. The van der Waals surface area contributed by atoms with E-state index < -0.39 is 34.1 Å². The van der Waals surface area contributed by atoms with Crippen LogP contribution in [0.5, 0.6) is 0 Å². The standard InChI is InChI=1S/C30H23NO6S/c32-28(31(18-21-9-3-1-4-10-21)19-22-11-5-2-6-12-22)20-37-30(34)23-15-16-25-27(17-23)38(35,36)26-14-8-7-13-24(26)29(25)33/h1-17H,18-20H2. The molecule has 38 heavy (non-hydrogen) atoms. The Balaban J connectivity index is 1.33. The van der Waals surface area contributed by atoms with Crippen LogP contribution in [-0.4, -0.2) is 37.6 Å². The number of rotatable bonds is 7. The van der Waals surface area contributed by atoms with Crippen molar-refractivity contribution in [2.24, 2.45) is 0 Å². The fourth-order valence-electron chi connectivity index (χ4n) is 4.35. The number of nitrogens with zero attached hydrogens (tertiary/aromatic N) is 1. The van der Waals surface area contributed by atoms with Gasteiger partial charge in [0.1, 0.15) is 0 Å². The maximum absolute atomic E-state index is 13.2. The fourth-order valence-corrected chi connectivity index (χ4v) is 6.03. The summed E-state index contributed by atoms with van der Waals surface area (Å²) in [6, 6.07) is 28.7. The second kappa shape index (κ2) is 10.4. The lowest BCUT2D eigenvalue weighted by Crippen LogP contribution is -2.34. The largest absolute Gasteiger partial charge is 0.452 e. The number of carbonyl (C=O) groups is 3. The molecule has 1 aliphatic heterocycles. The monoisotopic (exact) mass is 525 g/mol. The van der Waals surface area contributed by atoms with Crippen molar-refractivity contribution >= 4 is 27.5 Å². The molecule has 8 heteroatoms. The molecule has 4 aromatic rings. The third kappa shape index (κ3) is 4.99. The molecule has 1 aliphatic rings. The summed E-state index contributed by atoms with van der Waals surface area (Å²) in [5, 5.41) is 0. The molecule has 0 spiro atoms. The molecular weight excluding hydrogens is 502 g/mol. The summed E-state index contributed by atoms with van der Waals surface area (Å²) >= 11 is 0. The van der Waals surface area contributed by atoms with Crippen LogP contribution in [0.25, 0.3) is 0 Å². The van der Waals surface area contributed by atoms with Crippen molar-refractivity contribution in [1.82, 2.24) is 4.90 Å². The van der Waals surface area contributed by atoms with Crippen LogP contribution in [0.4, 0.5) is 0 Å². The van der Waals surface area contributed by atoms with Gasteiger partial charge in [0, 0.05) is 24.2 Å². The van der Waals surface area contributed by atoms with Gasteiger partial charge in [0.15, 0.2) is 12.4 Å². The Morgan fingerprint density at radius 2 is 1.24 bits per heavy atom. The first kappa shape index (κ1) is 25.1. The molecule has 0 unspecified atom stereocenters. The number of benzene rings is 4. The number of esters is 1. The Morgan fingerprint density at radius 1 is 0.684 bits per heavy atom. The highest BCUT2D eigenvalue weighted by Crippen LogP contribution is 2.34. The zero-order chi connectivity index (χ0) is 26.7. The number of carbonyl (C=O) groups excluding carboxylic acids is 3. The van der Waals surface area contributed by atoms with Gasteiger partial charge in [0.2, 0.25) is 9.84 Å². The van der Waals surface area contributed by atoms with Crippen LogP contribution in [0.15, 0.2) is 113 Å². The van der Waals surface area contributed by atoms with E-state index in [9.17, 15) is 22.8 Å². The van der Waals surface area contributed by atoms with Gasteiger partial charge in [-0.3, -0.25) is 9.59 Å². The van der Waals surface area contributed by atoms with Gasteiger partial charge in [-0.25, -0.2) is 13.2 Å². The minimum absolute atomic E-state index is 0.00627. The second-order valence-corrected chi connectivity index (χ2v) is 10.7. The van der Waals surface area contributed by atoms with Gasteiger partial charge >= 0.3 is 5.97 Å². The van der Waals surface area contributed by atoms with Crippen molar-refractivity contribution in [3.8, 4) is 0 Å². The summed E-state index contributed by atoms with van der Waals surface area (Å²) in [5.74, 6) is -1.69. The molecule has 0 saturated carbocycles. The van der Waals surface area contributed by atoms with Crippen LogP contribution in [0.1, 0.15) is 37.4 Å². The third-order valence-corrected chi connectivity index (χ3v) is 8.14. The lowest BCUT2D eigenvalue weighted by molar-refractivity contribution is -0.135. The van der Waals surface area contributed by atoms with E-state index in [1.54, 1.807) is 11.0 Å². The summed E-state index contributed by atoms with van der Waals surface area (Å²) in [4.78, 5) is 40.0.